The Balaban J connectivity index is 2.97. The SMILES string of the molecule is Cn1cccc(NC(=O)C(C)(C)N)c1=O. The number of anilines is 1. The number of nitrogens with zero attached hydrogens (tertiary/aromatic N) is 1. The molecular weight excluding hydrogens is 194 g/mol. The maximum absolute atomic E-state index is 11.5. The molecule has 0 fully saturated rings. The van der Waals surface area contributed by atoms with Crippen LogP contribution in [0.4, 0.5) is 5.69 Å². The first kappa shape index (κ1) is 11.5. The minimum atomic E-state index is -0.999. The molecule has 0 spiro atoms. The Morgan fingerprint density at radius 2 is 2.13 bits per heavy atom. The van der Waals surface area contributed by atoms with Gasteiger partial charge in [-0.3, -0.25) is 9.59 Å². The topological polar surface area (TPSA) is 77.1 Å². The lowest BCUT2D eigenvalue weighted by Crippen LogP contribution is -2.46. The van der Waals surface area contributed by atoms with E-state index in [2.05, 4.69) is 5.32 Å². The van der Waals surface area contributed by atoms with Gasteiger partial charge in [-0.1, -0.05) is 0 Å². The van der Waals surface area contributed by atoms with E-state index in [-0.39, 0.29) is 17.2 Å². The van der Waals surface area contributed by atoms with Crippen LogP contribution in [0.1, 0.15) is 13.8 Å². The normalized spacial score (nSPS) is 11.2. The molecule has 1 heterocycles. The fourth-order valence-electron chi connectivity index (χ4n) is 0.976. The number of amides is 1. The summed E-state index contributed by atoms with van der Waals surface area (Å²) in [7, 11) is 1.62. The number of rotatable bonds is 2. The Morgan fingerprint density at radius 1 is 1.53 bits per heavy atom. The van der Waals surface area contributed by atoms with Gasteiger partial charge in [0.2, 0.25) is 5.91 Å². The zero-order valence-corrected chi connectivity index (χ0v) is 9.07. The number of carbonyl (C=O) groups is 1. The number of nitrogens with one attached hydrogen (secondary N) is 1. The minimum Gasteiger partial charge on any atom is -0.320 e. The molecule has 5 heteroatoms. The molecule has 0 aliphatic rings. The van der Waals surface area contributed by atoms with Gasteiger partial charge >= 0.3 is 0 Å². The highest BCUT2D eigenvalue weighted by Crippen LogP contribution is 2.03. The number of nitrogens with two attached hydrogens (primary N) is 1. The van der Waals surface area contributed by atoms with Crippen LogP contribution < -0.4 is 16.6 Å². The fourth-order valence-corrected chi connectivity index (χ4v) is 0.976. The van der Waals surface area contributed by atoms with Gasteiger partial charge in [-0.25, -0.2) is 0 Å². The molecule has 0 radical (unpaired) electrons. The first-order chi connectivity index (χ1) is 6.82. The number of carbonyl (C=O) groups excluding carboxylic acids is 1. The van der Waals surface area contributed by atoms with E-state index in [0.29, 0.717) is 0 Å². The van der Waals surface area contributed by atoms with Gasteiger partial charge in [0.05, 0.1) is 5.54 Å². The molecule has 1 aromatic heterocycles. The molecule has 0 aromatic carbocycles. The molecule has 0 atom stereocenters. The average molecular weight is 209 g/mol. The van der Waals surface area contributed by atoms with E-state index in [0.717, 1.165) is 0 Å². The van der Waals surface area contributed by atoms with Gasteiger partial charge in [-0.15, -0.1) is 0 Å². The average Bonchev–Trinajstić information content (AvgIpc) is 2.11. The zero-order chi connectivity index (χ0) is 11.6. The first-order valence-corrected chi connectivity index (χ1v) is 4.58. The third-order valence-electron chi connectivity index (χ3n) is 1.96. The van der Waals surface area contributed by atoms with Gasteiger partial charge in [0.1, 0.15) is 5.69 Å². The number of hydrogen-bond acceptors (Lipinski definition) is 3. The summed E-state index contributed by atoms with van der Waals surface area (Å²) in [5.41, 5.74) is 4.58. The summed E-state index contributed by atoms with van der Waals surface area (Å²) in [5.74, 6) is -0.384. The lowest BCUT2D eigenvalue weighted by atomic mass is 10.1. The molecule has 0 unspecified atom stereocenters. The van der Waals surface area contributed by atoms with E-state index in [1.807, 2.05) is 0 Å². The van der Waals surface area contributed by atoms with Crippen molar-refractivity contribution in [3.63, 3.8) is 0 Å². The second-order valence-electron chi connectivity index (χ2n) is 4.01. The number of hydrogen-bond donors (Lipinski definition) is 2. The van der Waals surface area contributed by atoms with Gasteiger partial charge in [0.15, 0.2) is 0 Å². The van der Waals surface area contributed by atoms with Gasteiger partial charge in [0.25, 0.3) is 5.56 Å². The van der Waals surface area contributed by atoms with Crippen molar-refractivity contribution in [3.8, 4) is 0 Å². The fraction of sp³-hybridized carbons (Fsp3) is 0.400. The molecule has 0 aliphatic heterocycles. The van der Waals surface area contributed by atoms with Crippen molar-refractivity contribution in [2.24, 2.45) is 12.8 Å². The molecule has 0 saturated heterocycles. The van der Waals surface area contributed by atoms with Crippen LogP contribution in [0, 0.1) is 0 Å². The van der Waals surface area contributed by atoms with Crippen molar-refractivity contribution < 1.29 is 4.79 Å². The van der Waals surface area contributed by atoms with E-state index in [9.17, 15) is 9.59 Å². The van der Waals surface area contributed by atoms with Gasteiger partial charge in [-0.2, -0.15) is 0 Å². The predicted molar refractivity (Wildman–Crippen MR) is 58.6 cm³/mol. The van der Waals surface area contributed by atoms with Crippen molar-refractivity contribution in [2.75, 3.05) is 5.32 Å². The van der Waals surface area contributed by atoms with Crippen LogP contribution in [0.2, 0.25) is 0 Å². The van der Waals surface area contributed by atoms with E-state index in [1.165, 1.54) is 4.57 Å². The predicted octanol–water partition coefficient (Wildman–Crippen LogP) is 0.0611. The second kappa shape index (κ2) is 3.86. The molecule has 5 nitrogen and oxygen atoms in total. The van der Waals surface area contributed by atoms with E-state index >= 15 is 0 Å². The maximum atomic E-state index is 11.5. The molecule has 0 bridgehead atoms. The smallest absolute Gasteiger partial charge is 0.274 e. The molecule has 15 heavy (non-hydrogen) atoms. The summed E-state index contributed by atoms with van der Waals surface area (Å²) in [6.07, 6.45) is 1.62. The second-order valence-corrected chi connectivity index (χ2v) is 4.01. The number of aromatic nitrogens is 1. The quantitative estimate of drug-likeness (QED) is 0.723. The van der Waals surface area contributed by atoms with Crippen LogP contribution in [-0.2, 0) is 11.8 Å². The summed E-state index contributed by atoms with van der Waals surface area (Å²) < 4.78 is 1.39. The van der Waals surface area contributed by atoms with Gasteiger partial charge in [0, 0.05) is 13.2 Å². The monoisotopic (exact) mass is 209 g/mol. The van der Waals surface area contributed by atoms with Crippen LogP contribution in [-0.4, -0.2) is 16.0 Å². The summed E-state index contributed by atoms with van der Waals surface area (Å²) in [6, 6.07) is 3.23. The van der Waals surface area contributed by atoms with Crippen molar-refractivity contribution >= 4 is 11.6 Å². The summed E-state index contributed by atoms with van der Waals surface area (Å²) in [5, 5.41) is 2.49. The Kier molecular flexibility index (Phi) is 2.95. The van der Waals surface area contributed by atoms with E-state index in [4.69, 9.17) is 5.73 Å². The lowest BCUT2D eigenvalue weighted by molar-refractivity contribution is -0.120. The minimum absolute atomic E-state index is 0.239. The molecule has 1 aromatic rings. The third kappa shape index (κ3) is 2.66. The maximum Gasteiger partial charge on any atom is 0.274 e. The van der Waals surface area contributed by atoms with Crippen LogP contribution >= 0.6 is 0 Å². The molecular formula is C10H15N3O2. The highest BCUT2D eigenvalue weighted by molar-refractivity contribution is 5.97. The molecule has 3 N–H and O–H groups in total. The molecule has 0 saturated carbocycles. The Labute approximate surface area is 87.9 Å². The standard InChI is InChI=1S/C10H15N3O2/c1-10(2,11)9(15)12-7-5-4-6-13(3)8(7)14/h4-6H,11H2,1-3H3,(H,12,15). The highest BCUT2D eigenvalue weighted by atomic mass is 16.2. The van der Waals surface area contributed by atoms with Crippen molar-refractivity contribution in [2.45, 2.75) is 19.4 Å². The Bertz CT molecular complexity index is 429. The molecule has 82 valence electrons. The van der Waals surface area contributed by atoms with E-state index < -0.39 is 5.54 Å². The van der Waals surface area contributed by atoms with E-state index in [1.54, 1.807) is 39.2 Å². The van der Waals surface area contributed by atoms with Crippen LogP contribution in [0.5, 0.6) is 0 Å². The molecule has 0 aliphatic carbocycles. The van der Waals surface area contributed by atoms with Crippen molar-refractivity contribution in [1.29, 1.82) is 0 Å². The van der Waals surface area contributed by atoms with Gasteiger partial charge in [-0.05, 0) is 26.0 Å². The summed E-state index contributed by atoms with van der Waals surface area (Å²) in [6.45, 7) is 3.16. The summed E-state index contributed by atoms with van der Waals surface area (Å²) in [4.78, 5) is 23.1. The van der Waals surface area contributed by atoms with Crippen LogP contribution in [0.25, 0.3) is 0 Å². The lowest BCUT2D eigenvalue weighted by Gasteiger charge is -2.17. The Hall–Kier alpha value is -1.62. The first-order valence-electron chi connectivity index (χ1n) is 4.58. The summed E-state index contributed by atoms with van der Waals surface area (Å²) >= 11 is 0. The zero-order valence-electron chi connectivity index (χ0n) is 9.07. The van der Waals surface area contributed by atoms with Crippen LogP contribution in [0.3, 0.4) is 0 Å². The highest BCUT2D eigenvalue weighted by Gasteiger charge is 2.22. The van der Waals surface area contributed by atoms with Crippen molar-refractivity contribution in [1.82, 2.24) is 4.57 Å². The van der Waals surface area contributed by atoms with Crippen molar-refractivity contribution in [3.05, 3.63) is 28.7 Å². The molecule has 1 amide bonds. The van der Waals surface area contributed by atoms with Crippen LogP contribution in [0.15, 0.2) is 23.1 Å². The Morgan fingerprint density at radius 3 is 2.67 bits per heavy atom. The van der Waals surface area contributed by atoms with Gasteiger partial charge < -0.3 is 15.6 Å². The third-order valence-corrected chi connectivity index (χ3v) is 1.96. The largest absolute Gasteiger partial charge is 0.320 e. The molecule has 1 rings (SSSR count). The number of aryl methyl sites for hydroxylation is 1. The number of pyridine rings is 1.